The molecule has 0 saturated carbocycles. The molecule has 1 aromatic rings. The molecule has 2 amide bonds. The van der Waals surface area contributed by atoms with Gasteiger partial charge in [0, 0.05) is 29.0 Å². The van der Waals surface area contributed by atoms with Gasteiger partial charge in [0.05, 0.1) is 6.54 Å². The molecule has 2 fully saturated rings. The first-order valence-electron chi connectivity index (χ1n) is 7.08. The summed E-state index contributed by atoms with van der Waals surface area (Å²) in [6.45, 7) is 2.58. The highest BCUT2D eigenvalue weighted by Gasteiger charge is 2.28. The highest BCUT2D eigenvalue weighted by Crippen LogP contribution is 2.36. The zero-order valence-electron chi connectivity index (χ0n) is 11.7. The van der Waals surface area contributed by atoms with Gasteiger partial charge >= 0.3 is 6.09 Å². The van der Waals surface area contributed by atoms with Gasteiger partial charge in [0.25, 0.3) is 0 Å². The van der Waals surface area contributed by atoms with Crippen LogP contribution in [0, 0.1) is 0 Å². The minimum Gasteiger partial charge on any atom is -0.448 e. The Kier molecular flexibility index (Phi) is 4.70. The second kappa shape index (κ2) is 6.70. The van der Waals surface area contributed by atoms with Crippen LogP contribution in [0.5, 0.6) is 0 Å². The number of nitrogens with zero attached hydrogens (tertiary/aromatic N) is 2. The van der Waals surface area contributed by atoms with Crippen LogP contribution < -0.4 is 0 Å². The summed E-state index contributed by atoms with van der Waals surface area (Å²) in [5, 5.41) is 2.59. The van der Waals surface area contributed by atoms with Crippen LogP contribution in [-0.2, 0) is 9.53 Å². The van der Waals surface area contributed by atoms with Crippen LogP contribution in [0.3, 0.4) is 0 Å². The van der Waals surface area contributed by atoms with Crippen LogP contribution in [0.15, 0.2) is 17.5 Å². The van der Waals surface area contributed by atoms with E-state index in [4.69, 9.17) is 4.74 Å². The molecule has 2 aliphatic heterocycles. The quantitative estimate of drug-likeness (QED) is 0.854. The number of ether oxygens (including phenoxy) is 1. The second-order valence-electron chi connectivity index (χ2n) is 5.08. The molecule has 0 unspecified atom stereocenters. The van der Waals surface area contributed by atoms with Gasteiger partial charge in [0.1, 0.15) is 13.2 Å². The number of amides is 2. The lowest BCUT2D eigenvalue weighted by atomic mass is 10.2. The Morgan fingerprint density at radius 2 is 2.29 bits per heavy atom. The van der Waals surface area contributed by atoms with Crippen LogP contribution in [-0.4, -0.2) is 60.3 Å². The summed E-state index contributed by atoms with van der Waals surface area (Å²) in [5.74, 6) is 0.972. The van der Waals surface area contributed by atoms with Gasteiger partial charge in [-0.05, 0) is 17.9 Å². The Morgan fingerprint density at radius 3 is 3.00 bits per heavy atom. The third kappa shape index (κ3) is 3.52. The molecule has 0 aromatic carbocycles. The van der Waals surface area contributed by atoms with Crippen LogP contribution in [0.2, 0.25) is 0 Å². The number of hydrogen-bond donors (Lipinski definition) is 0. The molecular formula is C14H18N2O3S2. The van der Waals surface area contributed by atoms with Crippen molar-refractivity contribution in [3.8, 4) is 0 Å². The van der Waals surface area contributed by atoms with E-state index in [0.717, 1.165) is 25.3 Å². The summed E-state index contributed by atoms with van der Waals surface area (Å²) < 4.78 is 4.86. The molecule has 3 heterocycles. The van der Waals surface area contributed by atoms with E-state index in [9.17, 15) is 9.59 Å². The predicted octanol–water partition coefficient (Wildman–Crippen LogP) is 2.21. The molecule has 5 nitrogen and oxygen atoms in total. The molecule has 0 spiro atoms. The molecule has 7 heteroatoms. The van der Waals surface area contributed by atoms with Gasteiger partial charge < -0.3 is 9.64 Å². The van der Waals surface area contributed by atoms with Crippen molar-refractivity contribution in [1.29, 1.82) is 0 Å². The molecule has 21 heavy (non-hydrogen) atoms. The number of carbonyl (C=O) groups is 2. The van der Waals surface area contributed by atoms with Crippen LogP contribution in [0.25, 0.3) is 0 Å². The highest BCUT2D eigenvalue weighted by atomic mass is 32.2. The fourth-order valence-electron chi connectivity index (χ4n) is 2.55. The molecule has 2 aliphatic rings. The Labute approximate surface area is 132 Å². The molecule has 0 radical (unpaired) electrons. The number of rotatable bonds is 3. The van der Waals surface area contributed by atoms with Crippen molar-refractivity contribution in [3.05, 3.63) is 22.4 Å². The van der Waals surface area contributed by atoms with Crippen molar-refractivity contribution in [2.75, 3.05) is 38.5 Å². The van der Waals surface area contributed by atoms with Crippen molar-refractivity contribution >= 4 is 35.1 Å². The molecule has 0 bridgehead atoms. The first-order valence-corrected chi connectivity index (χ1v) is 9.01. The molecular weight excluding hydrogens is 308 g/mol. The van der Waals surface area contributed by atoms with Gasteiger partial charge in [-0.2, -0.15) is 11.8 Å². The van der Waals surface area contributed by atoms with E-state index < -0.39 is 0 Å². The lowest BCUT2D eigenvalue weighted by Crippen LogP contribution is -2.41. The maximum atomic E-state index is 12.3. The van der Waals surface area contributed by atoms with Crippen LogP contribution in [0.4, 0.5) is 4.79 Å². The monoisotopic (exact) mass is 326 g/mol. The van der Waals surface area contributed by atoms with E-state index >= 15 is 0 Å². The van der Waals surface area contributed by atoms with E-state index in [1.807, 2.05) is 16.7 Å². The average Bonchev–Trinajstić information content (AvgIpc) is 3.07. The lowest BCUT2D eigenvalue weighted by Gasteiger charge is -2.22. The van der Waals surface area contributed by atoms with Gasteiger partial charge in [-0.25, -0.2) is 4.79 Å². The van der Waals surface area contributed by atoms with E-state index in [-0.39, 0.29) is 18.5 Å². The van der Waals surface area contributed by atoms with Crippen LogP contribution in [0.1, 0.15) is 16.5 Å². The largest absolute Gasteiger partial charge is 0.448 e. The van der Waals surface area contributed by atoms with E-state index in [1.54, 1.807) is 11.3 Å². The Bertz CT molecular complexity index is 506. The summed E-state index contributed by atoms with van der Waals surface area (Å²) in [7, 11) is 0. The molecule has 3 rings (SSSR count). The molecule has 0 N–H and O–H groups in total. The minimum atomic E-state index is -0.371. The maximum absolute atomic E-state index is 12.3. The zero-order chi connectivity index (χ0) is 14.7. The SMILES string of the molecule is O=C(CN1CCOC1=O)N1CCS[C@H](c2cccs2)CC1. The summed E-state index contributed by atoms with van der Waals surface area (Å²) in [6, 6.07) is 4.24. The lowest BCUT2D eigenvalue weighted by molar-refractivity contribution is -0.131. The Hall–Kier alpha value is -1.21. The average molecular weight is 326 g/mol. The summed E-state index contributed by atoms with van der Waals surface area (Å²) >= 11 is 3.70. The standard InChI is InChI=1S/C14H18N2O3S2/c17-13(10-16-5-7-19-14(16)18)15-4-3-12(21-9-6-15)11-2-1-8-20-11/h1-2,8,12H,3-7,9-10H2/t12-/m0/s1. The predicted molar refractivity (Wildman–Crippen MR) is 83.6 cm³/mol. The van der Waals surface area contributed by atoms with Crippen molar-refractivity contribution in [1.82, 2.24) is 9.80 Å². The molecule has 1 aromatic heterocycles. The number of thiophene rings is 1. The zero-order valence-corrected chi connectivity index (χ0v) is 13.3. The van der Waals surface area contributed by atoms with E-state index in [0.29, 0.717) is 18.4 Å². The summed E-state index contributed by atoms with van der Waals surface area (Å²) in [4.78, 5) is 28.5. The Balaban J connectivity index is 1.54. The number of thioether (sulfide) groups is 1. The molecule has 1 atom stereocenters. The summed E-state index contributed by atoms with van der Waals surface area (Å²) in [5.41, 5.74) is 0. The summed E-state index contributed by atoms with van der Waals surface area (Å²) in [6.07, 6.45) is 0.602. The fourth-order valence-corrected chi connectivity index (χ4v) is 4.79. The van der Waals surface area contributed by atoms with Crippen LogP contribution >= 0.6 is 23.1 Å². The van der Waals surface area contributed by atoms with Gasteiger partial charge in [0.15, 0.2) is 0 Å². The normalized spacial score (nSPS) is 23.0. The van der Waals surface area contributed by atoms with Crippen molar-refractivity contribution in [2.24, 2.45) is 0 Å². The molecule has 114 valence electrons. The molecule has 0 aliphatic carbocycles. The Morgan fingerprint density at radius 1 is 1.38 bits per heavy atom. The fraction of sp³-hybridized carbons (Fsp3) is 0.571. The maximum Gasteiger partial charge on any atom is 0.410 e. The topological polar surface area (TPSA) is 49.9 Å². The first-order chi connectivity index (χ1) is 10.2. The first kappa shape index (κ1) is 14.7. The third-order valence-corrected chi connectivity index (χ3v) is 6.17. The second-order valence-corrected chi connectivity index (χ2v) is 7.37. The number of hydrogen-bond acceptors (Lipinski definition) is 5. The van der Waals surface area contributed by atoms with Gasteiger partial charge in [-0.15, -0.1) is 11.3 Å². The van der Waals surface area contributed by atoms with Gasteiger partial charge in [0.2, 0.25) is 5.91 Å². The van der Waals surface area contributed by atoms with Gasteiger partial charge in [-0.1, -0.05) is 6.07 Å². The van der Waals surface area contributed by atoms with Crippen molar-refractivity contribution < 1.29 is 14.3 Å². The number of carbonyl (C=O) groups excluding carboxylic acids is 2. The van der Waals surface area contributed by atoms with Gasteiger partial charge in [-0.3, -0.25) is 9.69 Å². The van der Waals surface area contributed by atoms with E-state index in [1.165, 1.54) is 9.78 Å². The minimum absolute atomic E-state index is 0.0290. The van der Waals surface area contributed by atoms with Crippen molar-refractivity contribution in [2.45, 2.75) is 11.7 Å². The number of cyclic esters (lactones) is 1. The smallest absolute Gasteiger partial charge is 0.410 e. The highest BCUT2D eigenvalue weighted by molar-refractivity contribution is 7.99. The molecule has 2 saturated heterocycles. The van der Waals surface area contributed by atoms with Crippen molar-refractivity contribution in [3.63, 3.8) is 0 Å². The van der Waals surface area contributed by atoms with E-state index in [2.05, 4.69) is 17.5 Å². The third-order valence-electron chi connectivity index (χ3n) is 3.73.